The van der Waals surface area contributed by atoms with Gasteiger partial charge in [-0.2, -0.15) is 0 Å². The first-order valence-electron chi connectivity index (χ1n) is 11.5. The zero-order valence-electron chi connectivity index (χ0n) is 18.4. The first-order valence-corrected chi connectivity index (χ1v) is 11.9. The van der Waals surface area contributed by atoms with Crippen molar-refractivity contribution in [1.29, 1.82) is 0 Å². The number of carbonyl (C=O) groups is 1. The van der Waals surface area contributed by atoms with Gasteiger partial charge >= 0.3 is 0 Å². The predicted molar refractivity (Wildman–Crippen MR) is 128 cm³/mol. The van der Waals surface area contributed by atoms with Gasteiger partial charge in [0.2, 0.25) is 5.91 Å². The Balaban J connectivity index is 1.19. The smallest absolute Gasteiger partial charge is 0.225 e. The molecule has 0 bridgehead atoms. The number of hydrogen-bond acceptors (Lipinski definition) is 3. The molecule has 2 saturated heterocycles. The van der Waals surface area contributed by atoms with Crippen molar-refractivity contribution in [3.05, 3.63) is 76.6 Å². The van der Waals surface area contributed by atoms with Gasteiger partial charge in [-0.3, -0.25) is 14.6 Å². The SMILES string of the molecule is O=C(C1CCN(Cc2c(F)cccc2Cl)CC1)N1CCN(C/C=C/c2ccccc2)CC1. The molecule has 0 aliphatic carbocycles. The third-order valence-corrected chi connectivity index (χ3v) is 6.89. The summed E-state index contributed by atoms with van der Waals surface area (Å²) in [5, 5.41) is 0.472. The van der Waals surface area contributed by atoms with E-state index in [1.807, 2.05) is 23.1 Å². The molecule has 32 heavy (non-hydrogen) atoms. The van der Waals surface area contributed by atoms with Crippen LogP contribution in [0.2, 0.25) is 5.02 Å². The van der Waals surface area contributed by atoms with Crippen LogP contribution >= 0.6 is 11.6 Å². The van der Waals surface area contributed by atoms with Crippen LogP contribution < -0.4 is 0 Å². The first kappa shape index (κ1) is 23.0. The van der Waals surface area contributed by atoms with Gasteiger partial charge in [-0.25, -0.2) is 4.39 Å². The minimum Gasteiger partial charge on any atom is -0.340 e. The van der Waals surface area contributed by atoms with E-state index >= 15 is 0 Å². The van der Waals surface area contributed by atoms with E-state index in [-0.39, 0.29) is 17.6 Å². The van der Waals surface area contributed by atoms with Crippen LogP contribution in [-0.4, -0.2) is 66.4 Å². The summed E-state index contributed by atoms with van der Waals surface area (Å²) in [4.78, 5) is 19.7. The van der Waals surface area contributed by atoms with Crippen molar-refractivity contribution in [1.82, 2.24) is 14.7 Å². The molecule has 0 aromatic heterocycles. The Labute approximate surface area is 195 Å². The summed E-state index contributed by atoms with van der Waals surface area (Å²) in [5.41, 5.74) is 1.77. The molecule has 1 amide bonds. The molecule has 2 heterocycles. The normalized spacial score (nSPS) is 19.0. The summed E-state index contributed by atoms with van der Waals surface area (Å²) in [5.74, 6) is 0.104. The molecular weight excluding hydrogens is 425 g/mol. The number of nitrogens with zero attached hydrogens (tertiary/aromatic N) is 3. The molecule has 4 rings (SSSR count). The van der Waals surface area contributed by atoms with Crippen LogP contribution in [0.1, 0.15) is 24.0 Å². The van der Waals surface area contributed by atoms with Crippen molar-refractivity contribution in [3.8, 4) is 0 Å². The minimum absolute atomic E-state index is 0.0758. The number of hydrogen-bond donors (Lipinski definition) is 0. The van der Waals surface area contributed by atoms with Crippen molar-refractivity contribution in [2.24, 2.45) is 5.92 Å². The molecule has 0 N–H and O–H groups in total. The maximum Gasteiger partial charge on any atom is 0.225 e. The highest BCUT2D eigenvalue weighted by Gasteiger charge is 2.30. The van der Waals surface area contributed by atoms with Crippen LogP contribution in [0, 0.1) is 11.7 Å². The highest BCUT2D eigenvalue weighted by molar-refractivity contribution is 6.31. The molecule has 0 spiro atoms. The summed E-state index contributed by atoms with van der Waals surface area (Å²) in [6, 6.07) is 15.1. The van der Waals surface area contributed by atoms with Gasteiger partial charge in [0.15, 0.2) is 0 Å². The number of carbonyl (C=O) groups excluding carboxylic acids is 1. The quantitative estimate of drug-likeness (QED) is 0.639. The number of benzene rings is 2. The van der Waals surface area contributed by atoms with Crippen molar-refractivity contribution in [3.63, 3.8) is 0 Å². The highest BCUT2D eigenvalue weighted by atomic mass is 35.5. The van der Waals surface area contributed by atoms with E-state index in [4.69, 9.17) is 11.6 Å². The van der Waals surface area contributed by atoms with Gasteiger partial charge in [0, 0.05) is 55.8 Å². The minimum atomic E-state index is -0.257. The van der Waals surface area contributed by atoms with Crippen LogP contribution in [0.25, 0.3) is 6.08 Å². The lowest BCUT2D eigenvalue weighted by Gasteiger charge is -2.38. The van der Waals surface area contributed by atoms with Gasteiger partial charge in [0.1, 0.15) is 5.82 Å². The van der Waals surface area contributed by atoms with Crippen LogP contribution in [0.5, 0.6) is 0 Å². The highest BCUT2D eigenvalue weighted by Crippen LogP contribution is 2.25. The van der Waals surface area contributed by atoms with E-state index in [0.717, 1.165) is 58.7 Å². The van der Waals surface area contributed by atoms with Crippen molar-refractivity contribution in [2.75, 3.05) is 45.8 Å². The number of rotatable bonds is 6. The molecule has 0 radical (unpaired) electrons. The lowest BCUT2D eigenvalue weighted by atomic mass is 9.94. The fraction of sp³-hybridized carbons (Fsp3) is 0.423. The lowest BCUT2D eigenvalue weighted by molar-refractivity contribution is -0.138. The fourth-order valence-corrected chi connectivity index (χ4v) is 4.78. The lowest BCUT2D eigenvalue weighted by Crippen LogP contribution is -2.51. The number of piperazine rings is 1. The molecule has 0 unspecified atom stereocenters. The van der Waals surface area contributed by atoms with Crippen molar-refractivity contribution < 1.29 is 9.18 Å². The predicted octanol–water partition coefficient (Wildman–Crippen LogP) is 4.55. The molecule has 6 heteroatoms. The third-order valence-electron chi connectivity index (χ3n) is 6.54. The first-order chi connectivity index (χ1) is 15.6. The van der Waals surface area contributed by atoms with E-state index < -0.39 is 0 Å². The Bertz CT molecular complexity index is 900. The van der Waals surface area contributed by atoms with E-state index in [1.165, 1.54) is 11.6 Å². The molecule has 4 nitrogen and oxygen atoms in total. The molecule has 2 aromatic rings. The Morgan fingerprint density at radius 2 is 1.66 bits per heavy atom. The van der Waals surface area contributed by atoms with E-state index in [2.05, 4.69) is 34.1 Å². The fourth-order valence-electron chi connectivity index (χ4n) is 4.56. The van der Waals surface area contributed by atoms with Crippen LogP contribution in [0.3, 0.4) is 0 Å². The Kier molecular flexibility index (Phi) is 7.95. The largest absolute Gasteiger partial charge is 0.340 e. The van der Waals surface area contributed by atoms with Gasteiger partial charge in [-0.1, -0.05) is 60.2 Å². The Morgan fingerprint density at radius 3 is 2.34 bits per heavy atom. The second-order valence-electron chi connectivity index (χ2n) is 8.69. The zero-order valence-corrected chi connectivity index (χ0v) is 19.2. The van der Waals surface area contributed by atoms with Gasteiger partial charge in [-0.15, -0.1) is 0 Å². The number of amides is 1. The van der Waals surface area contributed by atoms with Crippen LogP contribution in [-0.2, 0) is 11.3 Å². The summed E-state index contributed by atoms with van der Waals surface area (Å²) in [6.45, 7) is 6.42. The molecule has 2 aromatic carbocycles. The van der Waals surface area contributed by atoms with Crippen molar-refractivity contribution in [2.45, 2.75) is 19.4 Å². The Morgan fingerprint density at radius 1 is 0.938 bits per heavy atom. The van der Waals surface area contributed by atoms with Gasteiger partial charge in [0.05, 0.1) is 0 Å². The van der Waals surface area contributed by atoms with E-state index in [0.29, 0.717) is 17.1 Å². The van der Waals surface area contributed by atoms with Crippen LogP contribution in [0.4, 0.5) is 4.39 Å². The summed E-state index contributed by atoms with van der Waals surface area (Å²) in [7, 11) is 0. The second kappa shape index (κ2) is 11.1. The maximum atomic E-state index is 14.1. The molecule has 2 aliphatic heterocycles. The monoisotopic (exact) mass is 455 g/mol. The van der Waals surface area contributed by atoms with Crippen LogP contribution in [0.15, 0.2) is 54.6 Å². The molecule has 2 aliphatic rings. The Hall–Kier alpha value is -2.21. The van der Waals surface area contributed by atoms with E-state index in [1.54, 1.807) is 12.1 Å². The van der Waals surface area contributed by atoms with Gasteiger partial charge < -0.3 is 4.90 Å². The molecule has 0 atom stereocenters. The summed E-state index contributed by atoms with van der Waals surface area (Å²) >= 11 is 6.17. The molecular formula is C26H31ClFN3O. The van der Waals surface area contributed by atoms with Gasteiger partial charge in [0.25, 0.3) is 0 Å². The second-order valence-corrected chi connectivity index (χ2v) is 9.10. The summed E-state index contributed by atoms with van der Waals surface area (Å²) in [6.07, 6.45) is 6.00. The molecule has 0 saturated carbocycles. The number of piperidine rings is 1. The zero-order chi connectivity index (χ0) is 22.3. The van der Waals surface area contributed by atoms with Crippen molar-refractivity contribution >= 4 is 23.6 Å². The topological polar surface area (TPSA) is 26.8 Å². The third kappa shape index (κ3) is 5.97. The summed E-state index contributed by atoms with van der Waals surface area (Å²) < 4.78 is 14.1. The standard InChI is InChI=1S/C26H31ClFN3O/c27-24-9-4-10-25(28)23(24)20-30-14-11-22(12-15-30)26(32)31-18-16-29(17-19-31)13-5-8-21-6-2-1-3-7-21/h1-10,22H,11-20H2/b8-5+. The number of halogens is 2. The van der Waals surface area contributed by atoms with E-state index in [9.17, 15) is 9.18 Å². The average Bonchev–Trinajstić information content (AvgIpc) is 2.83. The number of likely N-dealkylation sites (tertiary alicyclic amines) is 1. The van der Waals surface area contributed by atoms with Gasteiger partial charge in [-0.05, 0) is 43.6 Å². The maximum absolute atomic E-state index is 14.1. The average molecular weight is 456 g/mol. The molecule has 170 valence electrons. The molecule has 2 fully saturated rings.